The van der Waals surface area contributed by atoms with Crippen LogP contribution in [0.15, 0.2) is 41.6 Å². The summed E-state index contributed by atoms with van der Waals surface area (Å²) in [7, 11) is -2.28. The van der Waals surface area contributed by atoms with E-state index in [4.69, 9.17) is 9.47 Å². The van der Waals surface area contributed by atoms with E-state index in [1.165, 1.54) is 10.2 Å². The smallest absolute Gasteiger partial charge is 0.271 e. The molecule has 4 rings (SSSR count). The van der Waals surface area contributed by atoms with Crippen molar-refractivity contribution >= 4 is 26.7 Å². The summed E-state index contributed by atoms with van der Waals surface area (Å²) in [5, 5.41) is 0. The van der Waals surface area contributed by atoms with E-state index >= 15 is 0 Å². The van der Waals surface area contributed by atoms with Gasteiger partial charge in [0.15, 0.2) is 0 Å². The molecule has 0 aliphatic carbocycles. The highest BCUT2D eigenvalue weighted by Crippen LogP contribution is 2.27. The summed E-state index contributed by atoms with van der Waals surface area (Å²) in [6.07, 6.45) is 3.04. The number of fused-ring (bicyclic) bond motifs is 1. The molecule has 9 heteroatoms. The van der Waals surface area contributed by atoms with Crippen molar-refractivity contribution in [3.63, 3.8) is 0 Å². The Balaban J connectivity index is 1.80. The molecule has 0 bridgehead atoms. The van der Waals surface area contributed by atoms with Crippen molar-refractivity contribution < 1.29 is 17.9 Å². The molecule has 0 unspecified atom stereocenters. The first-order chi connectivity index (χ1) is 13.0. The fourth-order valence-electron chi connectivity index (χ4n) is 3.24. The number of pyridine rings is 1. The van der Waals surface area contributed by atoms with Crippen LogP contribution in [0.5, 0.6) is 5.75 Å². The minimum Gasteiger partial charge on any atom is -0.497 e. The highest BCUT2D eigenvalue weighted by Gasteiger charge is 2.24. The summed E-state index contributed by atoms with van der Waals surface area (Å²) in [6.45, 7) is 4.31. The number of methoxy groups -OCH3 is 1. The molecule has 0 saturated carbocycles. The third-order valence-electron chi connectivity index (χ3n) is 4.59. The second-order valence-corrected chi connectivity index (χ2v) is 8.05. The summed E-state index contributed by atoms with van der Waals surface area (Å²) in [5.41, 5.74) is 1.83. The quantitative estimate of drug-likeness (QED) is 0.674. The second kappa shape index (κ2) is 6.82. The van der Waals surface area contributed by atoms with E-state index in [1.807, 2.05) is 0 Å². The van der Waals surface area contributed by atoms with Crippen molar-refractivity contribution in [2.45, 2.75) is 11.8 Å². The van der Waals surface area contributed by atoms with Crippen molar-refractivity contribution in [1.82, 2.24) is 13.9 Å². The lowest BCUT2D eigenvalue weighted by Gasteiger charge is -2.28. The molecule has 1 aliphatic heterocycles. The highest BCUT2D eigenvalue weighted by molar-refractivity contribution is 7.90. The number of benzene rings is 1. The Hall–Kier alpha value is -2.65. The lowest BCUT2D eigenvalue weighted by molar-refractivity contribution is 0.122. The Kier molecular flexibility index (Phi) is 4.48. The number of ether oxygens (including phenoxy) is 2. The normalized spacial score (nSPS) is 15.3. The Bertz CT molecular complexity index is 1090. The van der Waals surface area contributed by atoms with Crippen LogP contribution in [0.25, 0.3) is 11.0 Å². The molecule has 1 aromatic carbocycles. The van der Waals surface area contributed by atoms with Gasteiger partial charge in [-0.25, -0.2) is 17.4 Å². The minimum absolute atomic E-state index is 0.129. The fourth-order valence-corrected chi connectivity index (χ4v) is 4.71. The maximum atomic E-state index is 13.3. The Morgan fingerprint density at radius 3 is 2.67 bits per heavy atom. The predicted molar refractivity (Wildman–Crippen MR) is 101 cm³/mol. The molecular formula is C18H20N4O4S. The lowest BCUT2D eigenvalue weighted by Crippen LogP contribution is -2.36. The average molecular weight is 388 g/mol. The molecule has 1 aliphatic rings. The number of hydrogen-bond acceptors (Lipinski definition) is 7. The van der Waals surface area contributed by atoms with Gasteiger partial charge in [-0.2, -0.15) is 0 Å². The van der Waals surface area contributed by atoms with Crippen molar-refractivity contribution in [3.8, 4) is 5.75 Å². The van der Waals surface area contributed by atoms with E-state index in [0.29, 0.717) is 48.9 Å². The second-order valence-electron chi connectivity index (χ2n) is 6.26. The molecule has 0 spiro atoms. The van der Waals surface area contributed by atoms with Crippen LogP contribution in [0.1, 0.15) is 5.82 Å². The average Bonchev–Trinajstić information content (AvgIpc) is 3.04. The van der Waals surface area contributed by atoms with Crippen LogP contribution < -0.4 is 9.64 Å². The van der Waals surface area contributed by atoms with Crippen molar-refractivity contribution in [2.75, 3.05) is 38.3 Å². The van der Waals surface area contributed by atoms with Crippen molar-refractivity contribution in [1.29, 1.82) is 0 Å². The van der Waals surface area contributed by atoms with Crippen LogP contribution in [-0.2, 0) is 14.8 Å². The van der Waals surface area contributed by atoms with Gasteiger partial charge in [0.05, 0.1) is 43.2 Å². The van der Waals surface area contributed by atoms with Crippen LogP contribution in [0, 0.1) is 6.92 Å². The minimum atomic E-state index is -3.84. The summed E-state index contributed by atoms with van der Waals surface area (Å²) < 4.78 is 38.5. The summed E-state index contributed by atoms with van der Waals surface area (Å²) in [6, 6.07) is 6.79. The number of rotatable bonds is 4. The van der Waals surface area contributed by atoms with Crippen LogP contribution in [0.3, 0.4) is 0 Å². The molecule has 0 atom stereocenters. The zero-order chi connectivity index (χ0) is 19.0. The van der Waals surface area contributed by atoms with Crippen molar-refractivity contribution in [3.05, 3.63) is 42.5 Å². The van der Waals surface area contributed by atoms with Crippen LogP contribution >= 0.6 is 0 Å². The van der Waals surface area contributed by atoms with Gasteiger partial charge in [0.1, 0.15) is 16.5 Å². The molecule has 1 saturated heterocycles. The van der Waals surface area contributed by atoms with Gasteiger partial charge in [-0.15, -0.1) is 0 Å². The van der Waals surface area contributed by atoms with Gasteiger partial charge in [-0.1, -0.05) is 0 Å². The van der Waals surface area contributed by atoms with Gasteiger partial charge in [0.2, 0.25) is 0 Å². The molecule has 3 heterocycles. The first-order valence-electron chi connectivity index (χ1n) is 8.57. The SMILES string of the molecule is COc1ccc2c(c1)nc(C)n2S(=O)(=O)c1cncc(N2CCOCC2)c1. The van der Waals surface area contributed by atoms with E-state index in [9.17, 15) is 8.42 Å². The molecule has 2 aromatic heterocycles. The number of aromatic nitrogens is 3. The number of morpholine rings is 1. The molecule has 27 heavy (non-hydrogen) atoms. The zero-order valence-corrected chi connectivity index (χ0v) is 15.9. The Labute approximate surface area is 157 Å². The van der Waals surface area contributed by atoms with Gasteiger partial charge in [0.25, 0.3) is 10.0 Å². The lowest BCUT2D eigenvalue weighted by atomic mass is 10.3. The number of hydrogen-bond donors (Lipinski definition) is 0. The fraction of sp³-hybridized carbons (Fsp3) is 0.333. The first-order valence-corrected chi connectivity index (χ1v) is 10.0. The third-order valence-corrected chi connectivity index (χ3v) is 6.35. The summed E-state index contributed by atoms with van der Waals surface area (Å²) in [4.78, 5) is 10.7. The standard InChI is InChI=1S/C18H20N4O4S/c1-13-20-17-10-15(25-2)3-4-18(17)22(13)27(23,24)16-9-14(11-19-12-16)21-5-7-26-8-6-21/h3-4,9-12H,5-8H2,1-2H3. The molecule has 0 N–H and O–H groups in total. The van der Waals surface area contributed by atoms with Crippen molar-refractivity contribution in [2.24, 2.45) is 0 Å². The van der Waals surface area contributed by atoms with Gasteiger partial charge >= 0.3 is 0 Å². The van der Waals surface area contributed by atoms with Crippen LogP contribution in [0.2, 0.25) is 0 Å². The van der Waals surface area contributed by atoms with E-state index in [2.05, 4.69) is 14.9 Å². The molecule has 8 nitrogen and oxygen atoms in total. The monoisotopic (exact) mass is 388 g/mol. The molecular weight excluding hydrogens is 368 g/mol. The zero-order valence-electron chi connectivity index (χ0n) is 15.1. The number of anilines is 1. The van der Waals surface area contributed by atoms with Gasteiger partial charge < -0.3 is 14.4 Å². The highest BCUT2D eigenvalue weighted by atomic mass is 32.2. The van der Waals surface area contributed by atoms with E-state index in [1.54, 1.807) is 44.5 Å². The predicted octanol–water partition coefficient (Wildman–Crippen LogP) is 1.82. The van der Waals surface area contributed by atoms with E-state index in [0.717, 1.165) is 5.69 Å². The van der Waals surface area contributed by atoms with Crippen LogP contribution in [0.4, 0.5) is 5.69 Å². The molecule has 0 amide bonds. The number of nitrogens with zero attached hydrogens (tertiary/aromatic N) is 4. The maximum absolute atomic E-state index is 13.3. The summed E-state index contributed by atoms with van der Waals surface area (Å²) >= 11 is 0. The third kappa shape index (κ3) is 3.13. The number of imidazole rings is 1. The summed E-state index contributed by atoms with van der Waals surface area (Å²) in [5.74, 6) is 1.01. The molecule has 142 valence electrons. The Morgan fingerprint density at radius 2 is 1.93 bits per heavy atom. The Morgan fingerprint density at radius 1 is 1.15 bits per heavy atom. The molecule has 0 radical (unpaired) electrons. The first kappa shape index (κ1) is 17.7. The number of aryl methyl sites for hydroxylation is 1. The van der Waals surface area contributed by atoms with E-state index < -0.39 is 10.0 Å². The molecule has 1 fully saturated rings. The topological polar surface area (TPSA) is 86.6 Å². The van der Waals surface area contributed by atoms with Gasteiger partial charge in [-0.05, 0) is 25.1 Å². The van der Waals surface area contributed by atoms with Gasteiger partial charge in [-0.3, -0.25) is 4.98 Å². The van der Waals surface area contributed by atoms with E-state index in [-0.39, 0.29) is 4.90 Å². The maximum Gasteiger partial charge on any atom is 0.271 e. The van der Waals surface area contributed by atoms with Gasteiger partial charge in [0, 0.05) is 25.4 Å². The molecule has 3 aromatic rings. The largest absolute Gasteiger partial charge is 0.497 e. The van der Waals surface area contributed by atoms with Crippen LogP contribution in [-0.4, -0.2) is 55.8 Å².